The second-order valence-corrected chi connectivity index (χ2v) is 5.05. The van der Waals surface area contributed by atoms with Gasteiger partial charge in [0.2, 0.25) is 0 Å². The molecule has 3 aliphatic rings. The van der Waals surface area contributed by atoms with E-state index in [0.29, 0.717) is 11.7 Å². The van der Waals surface area contributed by atoms with Crippen LogP contribution in [0.2, 0.25) is 0 Å². The van der Waals surface area contributed by atoms with Crippen molar-refractivity contribution in [1.82, 2.24) is 0 Å². The third-order valence-electron chi connectivity index (χ3n) is 3.85. The predicted molar refractivity (Wildman–Crippen MR) is 65.0 cm³/mol. The number of allylic oxidation sites excluding steroid dienone is 2. The first-order valence-corrected chi connectivity index (χ1v) is 6.05. The zero-order chi connectivity index (χ0) is 11.1. The van der Waals surface area contributed by atoms with Crippen molar-refractivity contribution >= 4 is 11.4 Å². The minimum absolute atomic E-state index is 0.188. The molecule has 4 rings (SSSR count). The Morgan fingerprint density at radius 2 is 1.88 bits per heavy atom. The summed E-state index contributed by atoms with van der Waals surface area (Å²) in [5.41, 5.74) is 3.80. The lowest BCUT2D eigenvalue weighted by Crippen LogP contribution is -2.30. The van der Waals surface area contributed by atoms with E-state index in [9.17, 15) is 4.79 Å². The average molecular weight is 212 g/mol. The molecular weight excluding hydrogens is 196 g/mol. The first kappa shape index (κ1) is 9.83. The number of carbonyl (C=O) groups excluding carboxylic acids is 1. The van der Waals surface area contributed by atoms with E-state index in [-0.39, 0.29) is 5.92 Å². The number of Topliss-reactive ketones (excluding diaryl/α,β-unsaturated/α-hetero) is 1. The van der Waals surface area contributed by atoms with E-state index in [0.717, 1.165) is 12.8 Å². The van der Waals surface area contributed by atoms with E-state index in [1.54, 1.807) is 0 Å². The van der Waals surface area contributed by atoms with Crippen molar-refractivity contribution in [3.05, 3.63) is 41.5 Å². The van der Waals surface area contributed by atoms with Crippen LogP contribution in [0.1, 0.15) is 30.4 Å². The van der Waals surface area contributed by atoms with Gasteiger partial charge < -0.3 is 0 Å². The summed E-state index contributed by atoms with van der Waals surface area (Å²) < 4.78 is 0. The number of aryl methyl sites for hydroxylation is 1. The van der Waals surface area contributed by atoms with Crippen LogP contribution in [0.3, 0.4) is 0 Å². The maximum Gasteiger partial charge on any atom is 0.140 e. The van der Waals surface area contributed by atoms with Gasteiger partial charge in [0.25, 0.3) is 0 Å². The van der Waals surface area contributed by atoms with Crippen LogP contribution in [0.5, 0.6) is 0 Å². The summed E-state index contributed by atoms with van der Waals surface area (Å²) in [6.45, 7) is 2.09. The number of hydrogen-bond donors (Lipinski definition) is 0. The molecule has 0 unspecified atom stereocenters. The van der Waals surface area contributed by atoms with Gasteiger partial charge in [-0.25, -0.2) is 0 Å². The van der Waals surface area contributed by atoms with Crippen LogP contribution in [0.25, 0.3) is 5.57 Å². The summed E-state index contributed by atoms with van der Waals surface area (Å²) in [7, 11) is 0. The lowest BCUT2D eigenvalue weighted by molar-refractivity contribution is -0.124. The number of hydrogen-bond acceptors (Lipinski definition) is 1. The monoisotopic (exact) mass is 212 g/mol. The molecule has 0 amide bonds. The largest absolute Gasteiger partial charge is 0.299 e. The highest BCUT2D eigenvalue weighted by Crippen LogP contribution is 2.42. The second kappa shape index (κ2) is 3.58. The molecule has 0 radical (unpaired) electrons. The fourth-order valence-corrected chi connectivity index (χ4v) is 2.93. The zero-order valence-corrected chi connectivity index (χ0v) is 9.57. The zero-order valence-electron chi connectivity index (χ0n) is 9.57. The Hall–Kier alpha value is -1.37. The molecule has 1 heteroatoms. The highest BCUT2D eigenvalue weighted by molar-refractivity contribution is 5.96. The van der Waals surface area contributed by atoms with Crippen molar-refractivity contribution in [2.45, 2.75) is 26.2 Å². The molecule has 0 aromatic heterocycles. The Balaban J connectivity index is 2.01. The smallest absolute Gasteiger partial charge is 0.140 e. The van der Waals surface area contributed by atoms with Crippen LogP contribution in [-0.2, 0) is 4.79 Å². The van der Waals surface area contributed by atoms with Crippen LogP contribution in [0, 0.1) is 18.8 Å². The number of rotatable bonds is 1. The molecule has 0 saturated heterocycles. The minimum Gasteiger partial charge on any atom is -0.299 e. The number of benzene rings is 1. The van der Waals surface area contributed by atoms with Crippen molar-refractivity contribution in [3.63, 3.8) is 0 Å². The van der Waals surface area contributed by atoms with Crippen molar-refractivity contribution in [3.8, 4) is 0 Å². The Kier molecular flexibility index (Phi) is 2.20. The lowest BCUT2D eigenvalue weighted by atomic mass is 9.69. The van der Waals surface area contributed by atoms with Gasteiger partial charge in [-0.05, 0) is 36.8 Å². The molecule has 0 aliphatic heterocycles. The summed E-state index contributed by atoms with van der Waals surface area (Å²) in [5, 5.41) is 0. The maximum absolute atomic E-state index is 11.9. The Bertz CT molecular complexity index is 453. The van der Waals surface area contributed by atoms with Gasteiger partial charge in [-0.3, -0.25) is 4.79 Å². The van der Waals surface area contributed by atoms with E-state index in [1.165, 1.54) is 23.1 Å². The van der Waals surface area contributed by atoms with Crippen molar-refractivity contribution in [1.29, 1.82) is 0 Å². The molecule has 1 aromatic carbocycles. The van der Waals surface area contributed by atoms with Crippen LogP contribution in [-0.4, -0.2) is 5.78 Å². The Morgan fingerprint density at radius 3 is 2.50 bits per heavy atom. The molecule has 0 spiro atoms. The Morgan fingerprint density at radius 1 is 1.12 bits per heavy atom. The topological polar surface area (TPSA) is 17.1 Å². The standard InChI is InChI=1S/C15H16O/c1-10-2-5-12(6-3-10)14-8-11-4-7-13(14)15(16)9-11/h2-3,5-6,8,11,13H,4,7,9H2,1H3/t11-,13+/m1/s1. The summed E-state index contributed by atoms with van der Waals surface area (Å²) in [4.78, 5) is 11.9. The van der Waals surface area contributed by atoms with Gasteiger partial charge in [0.05, 0.1) is 0 Å². The second-order valence-electron chi connectivity index (χ2n) is 5.05. The van der Waals surface area contributed by atoms with Gasteiger partial charge in [0.15, 0.2) is 0 Å². The quantitative estimate of drug-likeness (QED) is 0.697. The maximum atomic E-state index is 11.9. The van der Waals surface area contributed by atoms with Gasteiger partial charge in [-0.1, -0.05) is 35.9 Å². The Labute approximate surface area is 96.2 Å². The number of ketones is 1. The highest BCUT2D eigenvalue weighted by atomic mass is 16.1. The van der Waals surface area contributed by atoms with Crippen LogP contribution < -0.4 is 0 Å². The van der Waals surface area contributed by atoms with Gasteiger partial charge >= 0.3 is 0 Å². The lowest BCUT2D eigenvalue weighted by Gasteiger charge is -2.34. The van der Waals surface area contributed by atoms with Gasteiger partial charge in [-0.2, -0.15) is 0 Å². The normalized spacial score (nSPS) is 28.1. The third-order valence-corrected chi connectivity index (χ3v) is 3.85. The van der Waals surface area contributed by atoms with Crippen LogP contribution in [0.15, 0.2) is 30.3 Å². The molecule has 0 N–H and O–H groups in total. The first-order chi connectivity index (χ1) is 7.74. The molecular formula is C15H16O. The first-order valence-electron chi connectivity index (χ1n) is 6.05. The van der Waals surface area contributed by atoms with Crippen molar-refractivity contribution in [2.75, 3.05) is 0 Å². The van der Waals surface area contributed by atoms with E-state index < -0.39 is 0 Å². The molecule has 2 atom stereocenters. The molecule has 0 heterocycles. The molecule has 1 fully saturated rings. The van der Waals surface area contributed by atoms with Gasteiger partial charge in [0, 0.05) is 12.3 Å². The van der Waals surface area contributed by atoms with E-state index >= 15 is 0 Å². The molecule has 1 saturated carbocycles. The molecule has 82 valence electrons. The fraction of sp³-hybridized carbons (Fsp3) is 0.400. The summed E-state index contributed by atoms with van der Waals surface area (Å²) in [5.74, 6) is 1.15. The predicted octanol–water partition coefficient (Wildman–Crippen LogP) is 3.38. The number of fused-ring (bicyclic) bond motifs is 2. The molecule has 1 aromatic rings. The third kappa shape index (κ3) is 1.51. The van der Waals surface area contributed by atoms with Crippen LogP contribution in [0.4, 0.5) is 0 Å². The average Bonchev–Trinajstić information content (AvgIpc) is 2.30. The molecule has 16 heavy (non-hydrogen) atoms. The number of carbonyl (C=O) groups is 1. The summed E-state index contributed by atoms with van der Waals surface area (Å²) >= 11 is 0. The van der Waals surface area contributed by atoms with E-state index in [2.05, 4.69) is 37.3 Å². The summed E-state index contributed by atoms with van der Waals surface area (Å²) in [6.07, 6.45) is 5.37. The van der Waals surface area contributed by atoms with Crippen molar-refractivity contribution in [2.24, 2.45) is 11.8 Å². The molecule has 3 aliphatic carbocycles. The summed E-state index contributed by atoms with van der Waals surface area (Å²) in [6, 6.07) is 8.55. The van der Waals surface area contributed by atoms with E-state index in [1.807, 2.05) is 0 Å². The molecule has 2 bridgehead atoms. The highest BCUT2D eigenvalue weighted by Gasteiger charge is 2.35. The SMILES string of the molecule is Cc1ccc(C2=C[C@H]3CC[C@@H]2C(=O)C3)cc1. The fourth-order valence-electron chi connectivity index (χ4n) is 2.93. The van der Waals surface area contributed by atoms with Crippen LogP contribution >= 0.6 is 0 Å². The minimum atomic E-state index is 0.188. The van der Waals surface area contributed by atoms with E-state index in [4.69, 9.17) is 0 Å². The van der Waals surface area contributed by atoms with Gasteiger partial charge in [-0.15, -0.1) is 0 Å². The van der Waals surface area contributed by atoms with Gasteiger partial charge in [0.1, 0.15) is 5.78 Å². The van der Waals surface area contributed by atoms with Crippen molar-refractivity contribution < 1.29 is 4.79 Å². The molecule has 1 nitrogen and oxygen atoms in total.